The molecule has 0 spiro atoms. The Morgan fingerprint density at radius 2 is 1.62 bits per heavy atom. The zero-order valence-electron chi connectivity index (χ0n) is 15.9. The van der Waals surface area contributed by atoms with Crippen LogP contribution in [0.3, 0.4) is 0 Å². The van der Waals surface area contributed by atoms with Crippen molar-refractivity contribution in [3.8, 4) is 6.07 Å². The number of benzene rings is 2. The molecule has 0 aliphatic carbocycles. The van der Waals surface area contributed by atoms with Gasteiger partial charge in [0.15, 0.2) is 0 Å². The first kappa shape index (κ1) is 18.6. The molecule has 0 amide bonds. The first-order valence-electron chi connectivity index (χ1n) is 9.56. The lowest BCUT2D eigenvalue weighted by Gasteiger charge is -2.42. The quantitative estimate of drug-likeness (QED) is 0.797. The van der Waals surface area contributed by atoms with Crippen LogP contribution < -0.4 is 0 Å². The molecule has 3 rings (SSSR count). The molecule has 2 aromatic carbocycles. The van der Waals surface area contributed by atoms with E-state index < -0.39 is 5.41 Å². The number of nitrogens with zero attached hydrogens (tertiary/aromatic N) is 3. The van der Waals surface area contributed by atoms with Crippen molar-refractivity contribution >= 4 is 0 Å². The standard InChI is InChI=1S/C23H29N3/c1-25(2)16-17-26-15-9-14-22(18-26)23(19-24,20-10-5-3-6-11-20)21-12-7-4-8-13-21/h3-8,10-13,22H,9,14-18H2,1-2H3. The van der Waals surface area contributed by atoms with Crippen molar-refractivity contribution in [3.63, 3.8) is 0 Å². The van der Waals surface area contributed by atoms with Crippen LogP contribution in [0.1, 0.15) is 24.0 Å². The van der Waals surface area contributed by atoms with Crippen LogP contribution in [-0.4, -0.2) is 50.1 Å². The first-order valence-corrected chi connectivity index (χ1v) is 9.56. The molecule has 3 nitrogen and oxygen atoms in total. The smallest absolute Gasteiger partial charge is 0.111 e. The van der Waals surface area contributed by atoms with Gasteiger partial charge in [0.05, 0.1) is 6.07 Å². The number of hydrogen-bond acceptors (Lipinski definition) is 3. The number of piperidine rings is 1. The summed E-state index contributed by atoms with van der Waals surface area (Å²) >= 11 is 0. The highest BCUT2D eigenvalue weighted by Gasteiger charge is 2.44. The fourth-order valence-corrected chi connectivity index (χ4v) is 4.21. The summed E-state index contributed by atoms with van der Waals surface area (Å²) in [6.45, 7) is 4.23. The van der Waals surface area contributed by atoms with Gasteiger partial charge in [-0.1, -0.05) is 60.7 Å². The number of likely N-dealkylation sites (N-methyl/N-ethyl adjacent to an activating group) is 1. The van der Waals surface area contributed by atoms with E-state index in [1.807, 2.05) is 12.1 Å². The van der Waals surface area contributed by atoms with Crippen LogP contribution in [0.5, 0.6) is 0 Å². The van der Waals surface area contributed by atoms with Gasteiger partial charge in [0.2, 0.25) is 0 Å². The highest BCUT2D eigenvalue weighted by atomic mass is 15.2. The molecule has 1 fully saturated rings. The molecule has 1 aliphatic heterocycles. The summed E-state index contributed by atoms with van der Waals surface area (Å²) in [7, 11) is 4.24. The van der Waals surface area contributed by atoms with Crippen LogP contribution in [0.15, 0.2) is 60.7 Å². The summed E-state index contributed by atoms with van der Waals surface area (Å²) < 4.78 is 0. The maximum atomic E-state index is 10.5. The van der Waals surface area contributed by atoms with Gasteiger partial charge in [0.1, 0.15) is 5.41 Å². The van der Waals surface area contributed by atoms with Crippen LogP contribution in [0, 0.1) is 17.2 Å². The van der Waals surface area contributed by atoms with E-state index in [2.05, 4.69) is 78.5 Å². The van der Waals surface area contributed by atoms with E-state index in [0.29, 0.717) is 5.92 Å². The average molecular weight is 348 g/mol. The molecule has 1 saturated heterocycles. The van der Waals surface area contributed by atoms with Gasteiger partial charge in [-0.05, 0) is 50.5 Å². The van der Waals surface area contributed by atoms with Crippen LogP contribution in [0.25, 0.3) is 0 Å². The molecule has 3 heteroatoms. The van der Waals surface area contributed by atoms with Gasteiger partial charge in [-0.25, -0.2) is 0 Å². The van der Waals surface area contributed by atoms with Gasteiger partial charge in [-0.3, -0.25) is 0 Å². The van der Waals surface area contributed by atoms with Crippen molar-refractivity contribution in [2.75, 3.05) is 40.3 Å². The Hall–Kier alpha value is -2.15. The van der Waals surface area contributed by atoms with Gasteiger partial charge in [0.25, 0.3) is 0 Å². The molecular weight excluding hydrogens is 318 g/mol. The summed E-state index contributed by atoms with van der Waals surface area (Å²) in [6.07, 6.45) is 2.25. The van der Waals surface area contributed by atoms with Crippen LogP contribution in [0.4, 0.5) is 0 Å². The van der Waals surface area contributed by atoms with Crippen molar-refractivity contribution in [1.82, 2.24) is 9.80 Å². The highest BCUT2D eigenvalue weighted by Crippen LogP contribution is 2.42. The molecule has 1 heterocycles. The van der Waals surface area contributed by atoms with E-state index in [9.17, 15) is 5.26 Å². The third-order valence-electron chi connectivity index (χ3n) is 5.62. The largest absolute Gasteiger partial charge is 0.308 e. The SMILES string of the molecule is CN(C)CCN1CCCC(C(C#N)(c2ccccc2)c2ccccc2)C1. The van der Waals surface area contributed by atoms with E-state index in [4.69, 9.17) is 0 Å². The lowest BCUT2D eigenvalue weighted by Crippen LogP contribution is -2.47. The van der Waals surface area contributed by atoms with Gasteiger partial charge < -0.3 is 9.80 Å². The predicted octanol–water partition coefficient (Wildman–Crippen LogP) is 3.77. The number of nitriles is 1. The number of likely N-dealkylation sites (tertiary alicyclic amines) is 1. The van der Waals surface area contributed by atoms with Crippen molar-refractivity contribution in [3.05, 3.63) is 71.8 Å². The van der Waals surface area contributed by atoms with Crippen LogP contribution in [0.2, 0.25) is 0 Å². The third kappa shape index (κ3) is 3.82. The van der Waals surface area contributed by atoms with E-state index in [0.717, 1.165) is 50.1 Å². The normalized spacial score (nSPS) is 18.6. The average Bonchev–Trinajstić information content (AvgIpc) is 2.69. The molecule has 1 atom stereocenters. The van der Waals surface area contributed by atoms with Gasteiger partial charge in [-0.2, -0.15) is 5.26 Å². The molecule has 0 saturated carbocycles. The van der Waals surface area contributed by atoms with Gasteiger partial charge in [0, 0.05) is 19.6 Å². The Bertz CT molecular complexity index is 679. The fourth-order valence-electron chi connectivity index (χ4n) is 4.21. The number of hydrogen-bond donors (Lipinski definition) is 0. The molecule has 0 N–H and O–H groups in total. The molecule has 0 radical (unpaired) electrons. The molecule has 1 aliphatic rings. The summed E-state index contributed by atoms with van der Waals surface area (Å²) in [5, 5.41) is 10.5. The van der Waals surface area contributed by atoms with E-state index in [1.54, 1.807) is 0 Å². The monoisotopic (exact) mass is 347 g/mol. The third-order valence-corrected chi connectivity index (χ3v) is 5.62. The Morgan fingerprint density at radius 1 is 1.04 bits per heavy atom. The minimum absolute atomic E-state index is 0.299. The molecule has 136 valence electrons. The number of rotatable bonds is 6. The molecule has 0 bridgehead atoms. The Balaban J connectivity index is 1.97. The molecule has 2 aromatic rings. The minimum atomic E-state index is -0.584. The Labute approximate surface area is 157 Å². The van der Waals surface area contributed by atoms with E-state index in [1.165, 1.54) is 0 Å². The summed E-state index contributed by atoms with van der Waals surface area (Å²) in [5.41, 5.74) is 1.65. The van der Waals surface area contributed by atoms with Crippen molar-refractivity contribution in [2.24, 2.45) is 5.92 Å². The zero-order valence-corrected chi connectivity index (χ0v) is 15.9. The van der Waals surface area contributed by atoms with Crippen molar-refractivity contribution in [2.45, 2.75) is 18.3 Å². The minimum Gasteiger partial charge on any atom is -0.308 e. The van der Waals surface area contributed by atoms with Crippen LogP contribution >= 0.6 is 0 Å². The maximum absolute atomic E-state index is 10.5. The van der Waals surface area contributed by atoms with E-state index in [-0.39, 0.29) is 0 Å². The summed E-state index contributed by atoms with van der Waals surface area (Å²) in [4.78, 5) is 4.77. The highest BCUT2D eigenvalue weighted by molar-refractivity contribution is 5.47. The Morgan fingerprint density at radius 3 is 2.12 bits per heavy atom. The maximum Gasteiger partial charge on any atom is 0.111 e. The van der Waals surface area contributed by atoms with Crippen molar-refractivity contribution < 1.29 is 0 Å². The molecule has 1 unspecified atom stereocenters. The zero-order chi connectivity index (χ0) is 18.4. The van der Waals surface area contributed by atoms with Gasteiger partial charge in [-0.15, -0.1) is 0 Å². The summed E-state index contributed by atoms with van der Waals surface area (Å²) in [5.74, 6) is 0.299. The Kier molecular flexibility index (Phi) is 6.08. The lowest BCUT2D eigenvalue weighted by molar-refractivity contribution is 0.138. The molecular formula is C23H29N3. The summed E-state index contributed by atoms with van der Waals surface area (Å²) in [6, 6.07) is 23.5. The molecule has 0 aromatic heterocycles. The second-order valence-corrected chi connectivity index (χ2v) is 7.59. The molecule has 26 heavy (non-hydrogen) atoms. The predicted molar refractivity (Wildman–Crippen MR) is 107 cm³/mol. The lowest BCUT2D eigenvalue weighted by atomic mass is 9.64. The second kappa shape index (κ2) is 8.49. The van der Waals surface area contributed by atoms with E-state index >= 15 is 0 Å². The van der Waals surface area contributed by atoms with Crippen molar-refractivity contribution in [1.29, 1.82) is 5.26 Å². The van der Waals surface area contributed by atoms with Crippen LogP contribution in [-0.2, 0) is 5.41 Å². The fraction of sp³-hybridized carbons (Fsp3) is 0.435. The topological polar surface area (TPSA) is 30.3 Å². The second-order valence-electron chi connectivity index (χ2n) is 7.59. The van der Waals surface area contributed by atoms with Gasteiger partial charge >= 0.3 is 0 Å². The first-order chi connectivity index (χ1) is 12.7.